The van der Waals surface area contributed by atoms with Gasteiger partial charge < -0.3 is 15.4 Å². The monoisotopic (exact) mass is 381 g/mol. The van der Waals surface area contributed by atoms with Gasteiger partial charge in [-0.15, -0.1) is 5.10 Å². The minimum absolute atomic E-state index is 0.0801. The molecule has 2 amide bonds. The van der Waals surface area contributed by atoms with Crippen LogP contribution in [0, 0.1) is 5.82 Å². The van der Waals surface area contributed by atoms with Crippen molar-refractivity contribution in [2.24, 2.45) is 0 Å². The smallest absolute Gasteiger partial charge is 0.274 e. The van der Waals surface area contributed by atoms with Crippen LogP contribution in [0.25, 0.3) is 0 Å². The average Bonchev–Trinajstić information content (AvgIpc) is 3.09. The Labute approximate surface area is 159 Å². The molecule has 1 aromatic heterocycles. The van der Waals surface area contributed by atoms with Crippen LogP contribution in [-0.2, 0) is 11.3 Å². The second kappa shape index (κ2) is 7.47. The zero-order chi connectivity index (χ0) is 19.5. The predicted octanol–water partition coefficient (Wildman–Crippen LogP) is 1.59. The van der Waals surface area contributed by atoms with E-state index in [-0.39, 0.29) is 18.0 Å². The Balaban J connectivity index is 1.42. The summed E-state index contributed by atoms with van der Waals surface area (Å²) in [4.78, 5) is 24.8. The molecule has 28 heavy (non-hydrogen) atoms. The molecule has 0 fully saturated rings. The number of hydrogen-bond acceptors (Lipinski definition) is 5. The first-order valence-electron chi connectivity index (χ1n) is 8.56. The summed E-state index contributed by atoms with van der Waals surface area (Å²) >= 11 is 0. The number of carbonyl (C=O) groups is 2. The van der Waals surface area contributed by atoms with Gasteiger partial charge in [0.2, 0.25) is 0 Å². The molecule has 142 valence electrons. The molecule has 0 radical (unpaired) electrons. The van der Waals surface area contributed by atoms with Crippen molar-refractivity contribution in [1.82, 2.24) is 20.3 Å². The largest absolute Gasteiger partial charge is 0.489 e. The molecule has 0 unspecified atom stereocenters. The normalized spacial score (nSPS) is 15.8. The number of anilines is 1. The number of ether oxygens (including phenoxy) is 1. The summed E-state index contributed by atoms with van der Waals surface area (Å²) in [5.41, 5.74) is 1.31. The number of aromatic nitrogens is 3. The molecular weight excluding hydrogens is 365 g/mol. The van der Waals surface area contributed by atoms with Gasteiger partial charge in [-0.3, -0.25) is 9.59 Å². The zero-order valence-corrected chi connectivity index (χ0v) is 14.6. The first kappa shape index (κ1) is 17.7. The molecule has 0 saturated carbocycles. The third kappa shape index (κ3) is 3.83. The van der Waals surface area contributed by atoms with Crippen LogP contribution in [0.15, 0.2) is 54.7 Å². The highest BCUT2D eigenvalue weighted by Crippen LogP contribution is 2.27. The van der Waals surface area contributed by atoms with Crippen molar-refractivity contribution in [3.05, 3.63) is 71.8 Å². The number of amides is 2. The summed E-state index contributed by atoms with van der Waals surface area (Å²) < 4.78 is 20.4. The average molecular weight is 381 g/mol. The number of benzene rings is 2. The summed E-state index contributed by atoms with van der Waals surface area (Å²) in [5.74, 6) is -1.23. The lowest BCUT2D eigenvalue weighted by Gasteiger charge is -2.13. The molecule has 0 spiro atoms. The van der Waals surface area contributed by atoms with Crippen LogP contribution in [0.3, 0.4) is 0 Å². The first-order valence-corrected chi connectivity index (χ1v) is 8.56. The molecular formula is C19H16FN5O3. The molecule has 1 aliphatic rings. The van der Waals surface area contributed by atoms with E-state index in [9.17, 15) is 14.0 Å². The molecule has 4 rings (SSSR count). The Kier molecular flexibility index (Phi) is 4.71. The van der Waals surface area contributed by atoms with Crippen LogP contribution in [-0.4, -0.2) is 39.5 Å². The molecule has 2 aromatic carbocycles. The standard InChI is InChI=1S/C19H16FN5O3/c20-13-6-7-17-14(8-13)21-19(27)16(11-28-17)22-18(26)15-10-25(24-23-15)9-12-4-2-1-3-5-12/h1-8,10,16H,9,11H2,(H,21,27)(H,22,26)/t16-/m0/s1. The fourth-order valence-corrected chi connectivity index (χ4v) is 2.78. The molecule has 1 aliphatic heterocycles. The van der Waals surface area contributed by atoms with E-state index in [2.05, 4.69) is 20.9 Å². The number of carbonyl (C=O) groups excluding carboxylic acids is 2. The molecule has 0 bridgehead atoms. The van der Waals surface area contributed by atoms with Crippen LogP contribution in [0.4, 0.5) is 10.1 Å². The van der Waals surface area contributed by atoms with Crippen molar-refractivity contribution in [2.45, 2.75) is 12.6 Å². The first-order chi connectivity index (χ1) is 13.6. The molecule has 0 saturated heterocycles. The Morgan fingerprint density at radius 2 is 2.11 bits per heavy atom. The Morgan fingerprint density at radius 1 is 1.29 bits per heavy atom. The van der Waals surface area contributed by atoms with Crippen LogP contribution in [0.2, 0.25) is 0 Å². The number of fused-ring (bicyclic) bond motifs is 1. The fourth-order valence-electron chi connectivity index (χ4n) is 2.78. The van der Waals surface area contributed by atoms with Crippen molar-refractivity contribution >= 4 is 17.5 Å². The van der Waals surface area contributed by atoms with Crippen molar-refractivity contribution in [3.8, 4) is 5.75 Å². The van der Waals surface area contributed by atoms with E-state index in [4.69, 9.17) is 4.74 Å². The van der Waals surface area contributed by atoms with Gasteiger partial charge in [0.25, 0.3) is 11.8 Å². The molecule has 2 heterocycles. The maximum atomic E-state index is 13.3. The summed E-state index contributed by atoms with van der Waals surface area (Å²) in [6.07, 6.45) is 1.50. The lowest BCUT2D eigenvalue weighted by molar-refractivity contribution is -0.118. The Hall–Kier alpha value is -3.75. The topological polar surface area (TPSA) is 98.1 Å². The van der Waals surface area contributed by atoms with Crippen LogP contribution in [0.5, 0.6) is 5.75 Å². The van der Waals surface area contributed by atoms with Crippen molar-refractivity contribution in [2.75, 3.05) is 11.9 Å². The number of nitrogens with zero attached hydrogens (tertiary/aromatic N) is 3. The highest BCUT2D eigenvalue weighted by atomic mass is 19.1. The van der Waals surface area contributed by atoms with Crippen molar-refractivity contribution < 1.29 is 18.7 Å². The van der Waals surface area contributed by atoms with E-state index in [1.54, 1.807) is 0 Å². The second-order valence-electron chi connectivity index (χ2n) is 6.25. The van der Waals surface area contributed by atoms with Gasteiger partial charge in [-0.05, 0) is 17.7 Å². The van der Waals surface area contributed by atoms with Gasteiger partial charge in [0, 0.05) is 6.07 Å². The van der Waals surface area contributed by atoms with Gasteiger partial charge in [-0.2, -0.15) is 0 Å². The lowest BCUT2D eigenvalue weighted by Crippen LogP contribution is -2.46. The van der Waals surface area contributed by atoms with Crippen molar-refractivity contribution in [3.63, 3.8) is 0 Å². The molecule has 8 nitrogen and oxygen atoms in total. The lowest BCUT2D eigenvalue weighted by atomic mass is 10.2. The maximum absolute atomic E-state index is 13.3. The Bertz CT molecular complexity index is 1020. The molecule has 3 aromatic rings. The van der Waals surface area contributed by atoms with Gasteiger partial charge in [-0.25, -0.2) is 9.07 Å². The van der Waals surface area contributed by atoms with E-state index < -0.39 is 23.7 Å². The Morgan fingerprint density at radius 3 is 2.93 bits per heavy atom. The zero-order valence-electron chi connectivity index (χ0n) is 14.6. The van der Waals surface area contributed by atoms with Crippen LogP contribution in [0.1, 0.15) is 16.1 Å². The van der Waals surface area contributed by atoms with Crippen LogP contribution >= 0.6 is 0 Å². The number of hydrogen-bond donors (Lipinski definition) is 2. The number of rotatable bonds is 4. The third-order valence-electron chi connectivity index (χ3n) is 4.19. The maximum Gasteiger partial charge on any atom is 0.274 e. The van der Waals surface area contributed by atoms with Crippen molar-refractivity contribution in [1.29, 1.82) is 0 Å². The highest BCUT2D eigenvalue weighted by Gasteiger charge is 2.27. The molecule has 2 N–H and O–H groups in total. The summed E-state index contributed by atoms with van der Waals surface area (Å²) in [6.45, 7) is 0.378. The van der Waals surface area contributed by atoms with Gasteiger partial charge in [0.1, 0.15) is 24.2 Å². The van der Waals surface area contributed by atoms with E-state index in [0.717, 1.165) is 11.6 Å². The summed E-state index contributed by atoms with van der Waals surface area (Å²) in [7, 11) is 0. The second-order valence-corrected chi connectivity index (χ2v) is 6.25. The van der Waals surface area contributed by atoms with Gasteiger partial charge >= 0.3 is 0 Å². The van der Waals surface area contributed by atoms with E-state index in [1.165, 1.54) is 23.0 Å². The van der Waals surface area contributed by atoms with Gasteiger partial charge in [-0.1, -0.05) is 35.5 Å². The predicted molar refractivity (Wildman–Crippen MR) is 97.3 cm³/mol. The van der Waals surface area contributed by atoms with E-state index in [1.807, 2.05) is 30.3 Å². The molecule has 9 heteroatoms. The fraction of sp³-hybridized carbons (Fsp3) is 0.158. The van der Waals surface area contributed by atoms with E-state index in [0.29, 0.717) is 12.3 Å². The minimum Gasteiger partial charge on any atom is -0.489 e. The molecule has 0 aliphatic carbocycles. The van der Waals surface area contributed by atoms with E-state index >= 15 is 0 Å². The summed E-state index contributed by atoms with van der Waals surface area (Å²) in [5, 5.41) is 12.9. The van der Waals surface area contributed by atoms with Crippen LogP contribution < -0.4 is 15.4 Å². The quantitative estimate of drug-likeness (QED) is 0.715. The number of halogens is 1. The number of nitrogens with one attached hydrogen (secondary N) is 2. The minimum atomic E-state index is -0.956. The third-order valence-corrected chi connectivity index (χ3v) is 4.19. The SMILES string of the molecule is O=C(N[C@H]1COc2ccc(F)cc2NC1=O)c1cn(Cc2ccccc2)nn1. The highest BCUT2D eigenvalue weighted by molar-refractivity contribution is 6.01. The molecule has 1 atom stereocenters. The summed E-state index contributed by atoms with van der Waals surface area (Å²) in [6, 6.07) is 12.5. The van der Waals surface area contributed by atoms with Gasteiger partial charge in [0.05, 0.1) is 18.4 Å². The van der Waals surface area contributed by atoms with Gasteiger partial charge in [0.15, 0.2) is 5.69 Å².